The van der Waals surface area contributed by atoms with E-state index < -0.39 is 0 Å². The Kier molecular flexibility index (Phi) is 234. The van der Waals surface area contributed by atoms with E-state index in [4.69, 9.17) is 0 Å². The summed E-state index contributed by atoms with van der Waals surface area (Å²) >= 11 is 0. The Morgan fingerprint density at radius 1 is 0.357 bits per heavy atom. The minimum absolute atomic E-state index is 0. The van der Waals surface area contributed by atoms with Gasteiger partial charge in [0.1, 0.15) is 0 Å². The van der Waals surface area contributed by atoms with E-state index in [9.17, 15) is 0 Å². The topological polar surface area (TPSA) is 48.1 Å². The summed E-state index contributed by atoms with van der Waals surface area (Å²) in [5, 5.41) is 11.0. The maximum atomic E-state index is 2.75. The molecule has 6 heteroatoms. The Morgan fingerprint density at radius 3 is 0.357 bits per heavy atom. The van der Waals surface area contributed by atoms with Crippen molar-refractivity contribution in [2.45, 2.75) is 0 Å². The van der Waals surface area contributed by atoms with Crippen LogP contribution in [0.5, 0.6) is 0 Å². The first-order valence-electron chi connectivity index (χ1n) is 4.00. The van der Waals surface area contributed by atoms with Gasteiger partial charge in [0.15, 0.2) is 0 Å². The van der Waals surface area contributed by atoms with E-state index in [1.165, 1.54) is 0 Å². The summed E-state index contributed by atoms with van der Waals surface area (Å²) in [5.41, 5.74) is 0. The average molecular weight is 276 g/mol. The molecule has 0 radical (unpaired) electrons. The first kappa shape index (κ1) is 36.2. The molecular formula is C8H28N4Ti2. The fraction of sp³-hybridized carbons (Fsp3) is 1.00. The molecule has 0 spiro atoms. The Morgan fingerprint density at radius 2 is 0.357 bits per heavy atom. The van der Waals surface area contributed by atoms with E-state index in [1.807, 2.05) is 56.4 Å². The van der Waals surface area contributed by atoms with E-state index in [-0.39, 0.29) is 43.4 Å². The van der Waals surface area contributed by atoms with Crippen molar-refractivity contribution in [3.8, 4) is 0 Å². The SMILES string of the molecule is CNC.CNC.CNC.CNC.[Ti].[Ti]. The van der Waals surface area contributed by atoms with Crippen molar-refractivity contribution >= 4 is 0 Å². The molecule has 88 valence electrons. The van der Waals surface area contributed by atoms with Gasteiger partial charge in [0.25, 0.3) is 0 Å². The summed E-state index contributed by atoms with van der Waals surface area (Å²) in [6.07, 6.45) is 0. The minimum atomic E-state index is 0. The number of hydrogen-bond donors (Lipinski definition) is 4. The van der Waals surface area contributed by atoms with Crippen LogP contribution in [0.15, 0.2) is 0 Å². The van der Waals surface area contributed by atoms with Crippen molar-refractivity contribution in [1.29, 1.82) is 0 Å². The van der Waals surface area contributed by atoms with Crippen LogP contribution >= 0.6 is 0 Å². The normalized spacial score (nSPS) is 5.14. The van der Waals surface area contributed by atoms with Crippen LogP contribution in [0.3, 0.4) is 0 Å². The van der Waals surface area contributed by atoms with Crippen molar-refractivity contribution in [2.75, 3.05) is 56.4 Å². The summed E-state index contributed by atoms with van der Waals surface area (Å²) < 4.78 is 0. The summed E-state index contributed by atoms with van der Waals surface area (Å²) in [4.78, 5) is 0. The van der Waals surface area contributed by atoms with Gasteiger partial charge in [-0.05, 0) is 56.4 Å². The van der Waals surface area contributed by atoms with Gasteiger partial charge in [0, 0.05) is 43.4 Å². The molecule has 0 heterocycles. The number of nitrogens with one attached hydrogen (secondary N) is 4. The monoisotopic (exact) mass is 276 g/mol. The van der Waals surface area contributed by atoms with Crippen LogP contribution in [0.25, 0.3) is 0 Å². The Labute approximate surface area is 121 Å². The largest absolute Gasteiger partial charge is 0.323 e. The van der Waals surface area contributed by atoms with Gasteiger partial charge >= 0.3 is 0 Å². The first-order valence-corrected chi connectivity index (χ1v) is 4.00. The van der Waals surface area contributed by atoms with Crippen molar-refractivity contribution in [3.63, 3.8) is 0 Å². The van der Waals surface area contributed by atoms with Crippen LogP contribution in [-0.4, -0.2) is 56.4 Å². The molecule has 14 heavy (non-hydrogen) atoms. The molecule has 0 aliphatic rings. The second-order valence-corrected chi connectivity index (χ2v) is 2.00. The predicted octanol–water partition coefficient (Wildman–Crippen LogP) is -0.663. The molecule has 0 amide bonds. The zero-order valence-corrected chi connectivity index (χ0v) is 14.1. The van der Waals surface area contributed by atoms with Gasteiger partial charge in [0.2, 0.25) is 0 Å². The fourth-order valence-corrected chi connectivity index (χ4v) is 0. The van der Waals surface area contributed by atoms with Gasteiger partial charge in [-0.1, -0.05) is 0 Å². The summed E-state index contributed by atoms with van der Waals surface area (Å²) in [5.74, 6) is 0. The molecule has 0 fully saturated rings. The second-order valence-electron chi connectivity index (χ2n) is 2.00. The third-order valence-corrected chi connectivity index (χ3v) is 0. The molecule has 0 aliphatic carbocycles. The van der Waals surface area contributed by atoms with E-state index in [1.54, 1.807) is 0 Å². The van der Waals surface area contributed by atoms with Crippen molar-refractivity contribution in [3.05, 3.63) is 0 Å². The van der Waals surface area contributed by atoms with Crippen molar-refractivity contribution < 1.29 is 43.4 Å². The number of hydrogen-bond acceptors (Lipinski definition) is 4. The molecule has 4 N–H and O–H groups in total. The molecule has 0 aromatic heterocycles. The van der Waals surface area contributed by atoms with Gasteiger partial charge in [-0.2, -0.15) is 0 Å². The molecule has 0 saturated carbocycles. The zero-order valence-electron chi connectivity index (χ0n) is 11.0. The maximum absolute atomic E-state index is 2.75. The van der Waals surface area contributed by atoms with Crippen LogP contribution in [0.1, 0.15) is 0 Å². The predicted molar refractivity (Wildman–Crippen MR) is 59.9 cm³/mol. The Balaban J connectivity index is -0.0000000145. The molecular weight excluding hydrogens is 248 g/mol. The van der Waals surface area contributed by atoms with Crippen LogP contribution < -0.4 is 21.3 Å². The molecule has 0 aromatic rings. The molecule has 0 atom stereocenters. The minimum Gasteiger partial charge on any atom is -0.323 e. The summed E-state index contributed by atoms with van der Waals surface area (Å²) in [6, 6.07) is 0. The number of rotatable bonds is 0. The Hall–Kier alpha value is 1.27. The van der Waals surface area contributed by atoms with Gasteiger partial charge in [-0.3, -0.25) is 0 Å². The third-order valence-electron chi connectivity index (χ3n) is 0. The molecule has 0 bridgehead atoms. The zero-order chi connectivity index (χ0) is 10.8. The van der Waals surface area contributed by atoms with Crippen molar-refractivity contribution in [2.24, 2.45) is 0 Å². The van der Waals surface area contributed by atoms with Gasteiger partial charge < -0.3 is 21.3 Å². The maximum Gasteiger partial charge on any atom is 0 e. The van der Waals surface area contributed by atoms with Gasteiger partial charge in [-0.15, -0.1) is 0 Å². The van der Waals surface area contributed by atoms with Crippen LogP contribution in [0.2, 0.25) is 0 Å². The van der Waals surface area contributed by atoms with Gasteiger partial charge in [-0.25, -0.2) is 0 Å². The molecule has 0 unspecified atom stereocenters. The summed E-state index contributed by atoms with van der Waals surface area (Å²) in [6.45, 7) is 0. The standard InChI is InChI=1S/4C2H7N.2Ti/c4*1-3-2;;/h4*3H,1-2H3;;. The first-order chi connectivity index (χ1) is 5.66. The molecule has 0 aliphatic heterocycles. The average Bonchev–Trinajstić information content (AvgIpc) is 1.92. The molecule has 0 saturated heterocycles. The van der Waals surface area contributed by atoms with E-state index >= 15 is 0 Å². The van der Waals surface area contributed by atoms with E-state index in [0.29, 0.717) is 0 Å². The van der Waals surface area contributed by atoms with E-state index in [2.05, 4.69) is 21.3 Å². The second kappa shape index (κ2) is 90.5. The molecule has 4 nitrogen and oxygen atoms in total. The fourth-order valence-electron chi connectivity index (χ4n) is 0. The van der Waals surface area contributed by atoms with Crippen LogP contribution in [0, 0.1) is 0 Å². The smallest absolute Gasteiger partial charge is 0 e. The third kappa shape index (κ3) is 1240. The van der Waals surface area contributed by atoms with Crippen LogP contribution in [0.4, 0.5) is 0 Å². The molecule has 0 rings (SSSR count). The quantitative estimate of drug-likeness (QED) is 0.444. The Bertz CT molecular complexity index is 27.3. The summed E-state index contributed by atoms with van der Waals surface area (Å²) in [7, 11) is 15.0. The van der Waals surface area contributed by atoms with Crippen molar-refractivity contribution in [1.82, 2.24) is 21.3 Å². The van der Waals surface area contributed by atoms with E-state index in [0.717, 1.165) is 0 Å². The van der Waals surface area contributed by atoms with Crippen LogP contribution in [-0.2, 0) is 43.4 Å². The molecule has 0 aromatic carbocycles. The van der Waals surface area contributed by atoms with Gasteiger partial charge in [0.05, 0.1) is 0 Å².